The topological polar surface area (TPSA) is 103 Å². The van der Waals surface area contributed by atoms with Gasteiger partial charge in [-0.15, -0.1) is 0 Å². The number of imide groups is 1. The Hall–Kier alpha value is -2.94. The highest BCUT2D eigenvalue weighted by molar-refractivity contribution is 6.30. The van der Waals surface area contributed by atoms with E-state index in [9.17, 15) is 23.2 Å². The number of halogens is 3. The van der Waals surface area contributed by atoms with Gasteiger partial charge in [-0.25, -0.2) is 8.78 Å². The molecule has 1 aromatic carbocycles. The van der Waals surface area contributed by atoms with Crippen LogP contribution < -0.4 is 21.3 Å². The molecule has 0 aliphatic carbocycles. The summed E-state index contributed by atoms with van der Waals surface area (Å²) >= 11 is 5.91. The third-order valence-electron chi connectivity index (χ3n) is 3.48. The molecule has 0 unspecified atom stereocenters. The number of aromatic nitrogens is 1. The number of hydrogen-bond acceptors (Lipinski definition) is 5. The van der Waals surface area contributed by atoms with Crippen LogP contribution >= 0.6 is 11.6 Å². The number of rotatable bonds is 4. The average Bonchev–Trinajstić information content (AvgIpc) is 2.80. The van der Waals surface area contributed by atoms with E-state index in [2.05, 4.69) is 0 Å². The van der Waals surface area contributed by atoms with E-state index in [-0.39, 0.29) is 33.4 Å². The van der Waals surface area contributed by atoms with Crippen LogP contribution in [0.3, 0.4) is 0 Å². The van der Waals surface area contributed by atoms with Crippen LogP contribution in [0.15, 0.2) is 29.1 Å². The Balaban J connectivity index is 2.23. The Bertz CT molecular complexity index is 959. The number of ether oxygens (including phenoxy) is 1. The van der Waals surface area contributed by atoms with Crippen LogP contribution in [0.5, 0.6) is 5.75 Å². The number of nitrogens with two attached hydrogens (primary N) is 1. The van der Waals surface area contributed by atoms with Crippen LogP contribution in [0.25, 0.3) is 5.69 Å². The third-order valence-corrected chi connectivity index (χ3v) is 3.72. The van der Waals surface area contributed by atoms with E-state index in [1.165, 1.54) is 18.2 Å². The number of fused-ring (bicyclic) bond motifs is 1. The number of hydrogen-bond donors (Lipinski definition) is 2. The van der Waals surface area contributed by atoms with Gasteiger partial charge in [-0.1, -0.05) is 11.6 Å². The predicted molar refractivity (Wildman–Crippen MR) is 84.8 cm³/mol. The van der Waals surface area contributed by atoms with Gasteiger partial charge in [0.2, 0.25) is 0 Å². The monoisotopic (exact) mass is 369 g/mol. The number of anilines is 1. The van der Waals surface area contributed by atoms with Gasteiger partial charge in [0, 0.05) is 11.1 Å². The van der Waals surface area contributed by atoms with E-state index in [0.29, 0.717) is 0 Å². The van der Waals surface area contributed by atoms with Crippen molar-refractivity contribution in [2.45, 2.75) is 6.43 Å². The Morgan fingerprint density at radius 2 is 1.92 bits per heavy atom. The van der Waals surface area contributed by atoms with Crippen molar-refractivity contribution in [2.24, 2.45) is 0 Å². The highest BCUT2D eigenvalue weighted by Crippen LogP contribution is 2.30. The van der Waals surface area contributed by atoms with Gasteiger partial charge in [0.15, 0.2) is 0 Å². The largest absolute Gasteiger partial charge is 0.485 e. The summed E-state index contributed by atoms with van der Waals surface area (Å²) in [6.07, 6.45) is -2.74. The minimum Gasteiger partial charge on any atom is -0.485 e. The minimum atomic E-state index is -2.74. The van der Waals surface area contributed by atoms with Gasteiger partial charge in [-0.05, 0) is 18.2 Å². The molecule has 2 amide bonds. The second-order valence-corrected chi connectivity index (χ2v) is 5.53. The van der Waals surface area contributed by atoms with Crippen LogP contribution in [0.2, 0.25) is 5.02 Å². The number of alkyl halides is 2. The van der Waals surface area contributed by atoms with Crippen molar-refractivity contribution < 1.29 is 23.1 Å². The summed E-state index contributed by atoms with van der Waals surface area (Å²) in [5, 5.41) is 2.22. The summed E-state index contributed by atoms with van der Waals surface area (Å²) < 4.78 is 30.7. The lowest BCUT2D eigenvalue weighted by Crippen LogP contribution is -2.24. The summed E-state index contributed by atoms with van der Waals surface area (Å²) in [7, 11) is 0. The molecule has 0 radical (unpaired) electrons. The maximum atomic E-state index is 12.4. The summed E-state index contributed by atoms with van der Waals surface area (Å²) in [6.45, 7) is -0.910. The first-order valence-electron chi connectivity index (χ1n) is 6.91. The predicted octanol–water partition coefficient (Wildman–Crippen LogP) is 1.60. The molecule has 0 saturated heterocycles. The van der Waals surface area contributed by atoms with Crippen molar-refractivity contribution in [1.82, 2.24) is 9.88 Å². The van der Waals surface area contributed by atoms with Crippen molar-refractivity contribution in [3.63, 3.8) is 0 Å². The zero-order valence-electron chi connectivity index (χ0n) is 12.4. The zero-order valence-corrected chi connectivity index (χ0v) is 13.1. The average molecular weight is 370 g/mol. The zero-order chi connectivity index (χ0) is 18.3. The van der Waals surface area contributed by atoms with E-state index in [0.717, 1.165) is 10.6 Å². The summed E-state index contributed by atoms with van der Waals surface area (Å²) in [6, 6.07) is 4.89. The number of pyridine rings is 1. The van der Waals surface area contributed by atoms with Crippen LogP contribution in [0.1, 0.15) is 20.7 Å². The Morgan fingerprint density at radius 1 is 1.20 bits per heavy atom. The van der Waals surface area contributed by atoms with E-state index in [1.807, 2.05) is 5.32 Å². The van der Waals surface area contributed by atoms with Crippen LogP contribution in [-0.2, 0) is 0 Å². The molecule has 1 aromatic heterocycles. The Kier molecular flexibility index (Phi) is 4.17. The molecule has 3 N–H and O–H groups in total. The molecular formula is C15H10ClF2N3O4. The van der Waals surface area contributed by atoms with E-state index in [4.69, 9.17) is 22.1 Å². The minimum absolute atomic E-state index is 0.0226. The van der Waals surface area contributed by atoms with Crippen molar-refractivity contribution in [2.75, 3.05) is 12.3 Å². The quantitative estimate of drug-likeness (QED) is 0.797. The lowest BCUT2D eigenvalue weighted by molar-refractivity contribution is 0.0818. The van der Waals surface area contributed by atoms with Gasteiger partial charge in [0.1, 0.15) is 18.2 Å². The summed E-state index contributed by atoms with van der Waals surface area (Å²) in [4.78, 5) is 35.9. The Labute approximate surface area is 143 Å². The lowest BCUT2D eigenvalue weighted by Gasteiger charge is -2.16. The number of amides is 2. The van der Waals surface area contributed by atoms with E-state index < -0.39 is 30.4 Å². The SMILES string of the molecule is Nc1c2c(cc(=O)n1-c1cc(Cl)ccc1OCC(F)F)C(=O)NC2=O. The molecule has 1 aliphatic rings. The standard InChI is InChI=1S/C15H10ClF2N3O4/c16-6-1-2-9(25-5-10(17)18)8(3-6)21-11(22)4-7-12(13(21)19)15(24)20-14(7)23/h1-4,10H,5,19H2,(H,20,23,24). The highest BCUT2D eigenvalue weighted by Gasteiger charge is 2.32. The second kappa shape index (κ2) is 6.17. The molecule has 10 heteroatoms. The normalized spacial score (nSPS) is 13.1. The second-order valence-electron chi connectivity index (χ2n) is 5.09. The maximum Gasteiger partial charge on any atom is 0.272 e. The number of nitrogen functional groups attached to an aromatic ring is 1. The first-order valence-corrected chi connectivity index (χ1v) is 7.29. The number of carbonyl (C=O) groups excluding carboxylic acids is 2. The molecule has 0 fully saturated rings. The molecule has 3 rings (SSSR count). The number of nitrogens with one attached hydrogen (secondary N) is 1. The molecule has 2 heterocycles. The molecule has 0 saturated carbocycles. The first kappa shape index (κ1) is 16.9. The maximum absolute atomic E-state index is 12.4. The number of nitrogens with zero attached hydrogens (tertiary/aromatic N) is 1. The molecule has 0 spiro atoms. The van der Waals surface area contributed by atoms with Crippen molar-refractivity contribution in [1.29, 1.82) is 0 Å². The highest BCUT2D eigenvalue weighted by atomic mass is 35.5. The van der Waals surface area contributed by atoms with Gasteiger partial charge in [0.05, 0.1) is 16.8 Å². The first-order chi connectivity index (χ1) is 11.8. The molecule has 0 bridgehead atoms. The number of benzene rings is 1. The van der Waals surface area contributed by atoms with Crippen molar-refractivity contribution in [3.05, 3.63) is 50.8 Å². The van der Waals surface area contributed by atoms with Crippen LogP contribution in [0, 0.1) is 0 Å². The molecule has 1 aliphatic heterocycles. The van der Waals surface area contributed by atoms with Crippen LogP contribution in [0.4, 0.5) is 14.6 Å². The van der Waals surface area contributed by atoms with Gasteiger partial charge >= 0.3 is 0 Å². The third kappa shape index (κ3) is 2.93. The fraction of sp³-hybridized carbons (Fsp3) is 0.133. The molecule has 2 aromatic rings. The van der Waals surface area contributed by atoms with Crippen molar-refractivity contribution >= 4 is 29.2 Å². The smallest absolute Gasteiger partial charge is 0.272 e. The van der Waals surface area contributed by atoms with Gasteiger partial charge in [-0.2, -0.15) is 0 Å². The van der Waals surface area contributed by atoms with E-state index in [1.54, 1.807) is 0 Å². The fourth-order valence-corrected chi connectivity index (χ4v) is 2.63. The molecule has 25 heavy (non-hydrogen) atoms. The molecular weight excluding hydrogens is 360 g/mol. The molecule has 7 nitrogen and oxygen atoms in total. The van der Waals surface area contributed by atoms with Crippen LogP contribution in [-0.4, -0.2) is 29.4 Å². The fourth-order valence-electron chi connectivity index (χ4n) is 2.47. The summed E-state index contributed by atoms with van der Waals surface area (Å²) in [5.41, 5.74) is 4.80. The lowest BCUT2D eigenvalue weighted by atomic mass is 10.1. The Morgan fingerprint density at radius 3 is 2.60 bits per heavy atom. The van der Waals surface area contributed by atoms with Gasteiger partial charge < -0.3 is 10.5 Å². The molecule has 130 valence electrons. The summed E-state index contributed by atoms with van der Waals surface area (Å²) in [5.74, 6) is -1.90. The molecule has 0 atom stereocenters. The number of carbonyl (C=O) groups is 2. The van der Waals surface area contributed by atoms with Gasteiger partial charge in [-0.3, -0.25) is 24.3 Å². The van der Waals surface area contributed by atoms with Crippen molar-refractivity contribution in [3.8, 4) is 11.4 Å². The van der Waals surface area contributed by atoms with Gasteiger partial charge in [0.25, 0.3) is 23.8 Å². The van der Waals surface area contributed by atoms with E-state index >= 15 is 0 Å².